The molecule has 0 aliphatic carbocycles. The summed E-state index contributed by atoms with van der Waals surface area (Å²) in [5, 5.41) is 0. The van der Waals surface area contributed by atoms with Gasteiger partial charge in [0.1, 0.15) is 24.4 Å². The van der Waals surface area contributed by atoms with E-state index in [1.807, 2.05) is 13.8 Å². The highest BCUT2D eigenvalue weighted by atomic mass is 16.8. The van der Waals surface area contributed by atoms with Crippen molar-refractivity contribution in [1.29, 1.82) is 0 Å². The van der Waals surface area contributed by atoms with Crippen LogP contribution in [-0.4, -0.2) is 64.4 Å². The van der Waals surface area contributed by atoms with Crippen molar-refractivity contribution in [3.63, 3.8) is 0 Å². The van der Waals surface area contributed by atoms with Crippen molar-refractivity contribution in [2.45, 2.75) is 50.3 Å². The third-order valence-corrected chi connectivity index (χ3v) is 3.27. The van der Waals surface area contributed by atoms with Crippen LogP contribution >= 0.6 is 0 Å². The standard InChI is InChI=1S/C12H22O6/c1-12(2)17-9-8(14-4)7(6-13-3)16-11(15-5)10(9)18-12/h7-11H,6H2,1-5H3. The molecule has 106 valence electrons. The van der Waals surface area contributed by atoms with Crippen LogP contribution < -0.4 is 0 Å². The molecule has 5 atom stereocenters. The van der Waals surface area contributed by atoms with Crippen molar-refractivity contribution >= 4 is 0 Å². The molecule has 0 N–H and O–H groups in total. The molecule has 2 rings (SSSR count). The SMILES string of the molecule is COCC1OC(OC)C2OC(C)(C)OC2C1OC. The van der Waals surface area contributed by atoms with Crippen molar-refractivity contribution in [1.82, 2.24) is 0 Å². The molecular formula is C12H22O6. The lowest BCUT2D eigenvalue weighted by atomic mass is 9.99. The van der Waals surface area contributed by atoms with E-state index in [0.717, 1.165) is 0 Å². The van der Waals surface area contributed by atoms with Crippen LogP contribution in [0.25, 0.3) is 0 Å². The maximum absolute atomic E-state index is 5.90. The molecule has 0 amide bonds. The summed E-state index contributed by atoms with van der Waals surface area (Å²) in [7, 11) is 4.85. The van der Waals surface area contributed by atoms with Gasteiger partial charge in [0.2, 0.25) is 0 Å². The molecule has 0 bridgehead atoms. The molecule has 2 saturated heterocycles. The fourth-order valence-corrected chi connectivity index (χ4v) is 2.59. The molecule has 0 spiro atoms. The monoisotopic (exact) mass is 262 g/mol. The second kappa shape index (κ2) is 5.40. The summed E-state index contributed by atoms with van der Waals surface area (Å²) >= 11 is 0. The van der Waals surface area contributed by atoms with Crippen molar-refractivity contribution in [2.24, 2.45) is 0 Å². The van der Waals surface area contributed by atoms with E-state index in [9.17, 15) is 0 Å². The molecule has 18 heavy (non-hydrogen) atoms. The fraction of sp³-hybridized carbons (Fsp3) is 1.00. The number of hydrogen-bond acceptors (Lipinski definition) is 6. The van der Waals surface area contributed by atoms with E-state index in [0.29, 0.717) is 6.61 Å². The normalized spacial score (nSPS) is 42.8. The second-order valence-electron chi connectivity index (χ2n) is 5.00. The van der Waals surface area contributed by atoms with Gasteiger partial charge in [-0.25, -0.2) is 0 Å². The lowest BCUT2D eigenvalue weighted by molar-refractivity contribution is -0.277. The Morgan fingerprint density at radius 3 is 2.22 bits per heavy atom. The minimum Gasteiger partial charge on any atom is -0.382 e. The summed E-state index contributed by atoms with van der Waals surface area (Å²) in [5.74, 6) is -0.659. The average Bonchev–Trinajstić information content (AvgIpc) is 2.63. The van der Waals surface area contributed by atoms with Gasteiger partial charge in [0.15, 0.2) is 12.1 Å². The molecular weight excluding hydrogens is 240 g/mol. The number of rotatable bonds is 4. The summed E-state index contributed by atoms with van der Waals surface area (Å²) < 4.78 is 33.5. The predicted molar refractivity (Wildman–Crippen MR) is 62.2 cm³/mol. The first-order valence-corrected chi connectivity index (χ1v) is 6.08. The quantitative estimate of drug-likeness (QED) is 0.737. The zero-order valence-corrected chi connectivity index (χ0v) is 11.5. The molecule has 5 unspecified atom stereocenters. The Kier molecular flexibility index (Phi) is 4.25. The molecule has 0 saturated carbocycles. The Hall–Kier alpha value is -0.240. The minimum atomic E-state index is -0.659. The van der Waals surface area contributed by atoms with E-state index in [-0.39, 0.29) is 24.4 Å². The summed E-state index contributed by atoms with van der Waals surface area (Å²) in [6.07, 6.45) is -1.44. The fourth-order valence-electron chi connectivity index (χ4n) is 2.59. The molecule has 2 aliphatic rings. The van der Waals surface area contributed by atoms with E-state index in [1.54, 1.807) is 21.3 Å². The third kappa shape index (κ3) is 2.54. The summed E-state index contributed by atoms with van der Waals surface area (Å²) in [4.78, 5) is 0. The minimum absolute atomic E-state index is 0.219. The zero-order chi connectivity index (χ0) is 13.3. The molecule has 2 heterocycles. The van der Waals surface area contributed by atoms with Gasteiger partial charge in [-0.1, -0.05) is 0 Å². The van der Waals surface area contributed by atoms with Gasteiger partial charge in [-0.2, -0.15) is 0 Å². The molecule has 6 heteroatoms. The maximum Gasteiger partial charge on any atom is 0.186 e. The molecule has 2 aliphatic heterocycles. The highest BCUT2D eigenvalue weighted by Gasteiger charge is 2.55. The van der Waals surface area contributed by atoms with Crippen molar-refractivity contribution in [3.05, 3.63) is 0 Å². The summed E-state index contributed by atoms with van der Waals surface area (Å²) in [6, 6.07) is 0. The van der Waals surface area contributed by atoms with Gasteiger partial charge in [-0.15, -0.1) is 0 Å². The number of methoxy groups -OCH3 is 3. The van der Waals surface area contributed by atoms with Gasteiger partial charge in [0, 0.05) is 21.3 Å². The van der Waals surface area contributed by atoms with E-state index >= 15 is 0 Å². The summed E-state index contributed by atoms with van der Waals surface area (Å²) in [6.45, 7) is 4.16. The molecule has 0 aromatic heterocycles. The summed E-state index contributed by atoms with van der Waals surface area (Å²) in [5.41, 5.74) is 0. The van der Waals surface area contributed by atoms with Crippen LogP contribution in [0.3, 0.4) is 0 Å². The van der Waals surface area contributed by atoms with E-state index in [2.05, 4.69) is 0 Å². The van der Waals surface area contributed by atoms with Gasteiger partial charge in [-0.3, -0.25) is 0 Å². The van der Waals surface area contributed by atoms with Crippen LogP contribution in [0.1, 0.15) is 13.8 Å². The van der Waals surface area contributed by atoms with Gasteiger partial charge < -0.3 is 28.4 Å². The maximum atomic E-state index is 5.90. The van der Waals surface area contributed by atoms with Crippen LogP contribution in [0.2, 0.25) is 0 Å². The van der Waals surface area contributed by atoms with Crippen LogP contribution in [0.5, 0.6) is 0 Å². The van der Waals surface area contributed by atoms with Crippen molar-refractivity contribution < 1.29 is 28.4 Å². The van der Waals surface area contributed by atoms with Gasteiger partial charge in [0.25, 0.3) is 0 Å². The second-order valence-corrected chi connectivity index (χ2v) is 5.00. The average molecular weight is 262 g/mol. The van der Waals surface area contributed by atoms with E-state index in [1.165, 1.54) is 0 Å². The smallest absolute Gasteiger partial charge is 0.186 e. The highest BCUT2D eigenvalue weighted by molar-refractivity contribution is 4.96. The van der Waals surface area contributed by atoms with Crippen LogP contribution in [0.4, 0.5) is 0 Å². The Labute approximate surface area is 107 Å². The van der Waals surface area contributed by atoms with Crippen molar-refractivity contribution in [3.8, 4) is 0 Å². The zero-order valence-electron chi connectivity index (χ0n) is 11.5. The Morgan fingerprint density at radius 1 is 1.00 bits per heavy atom. The van der Waals surface area contributed by atoms with Crippen LogP contribution in [-0.2, 0) is 28.4 Å². The molecule has 6 nitrogen and oxygen atoms in total. The van der Waals surface area contributed by atoms with Gasteiger partial charge in [0.05, 0.1) is 6.61 Å². The number of fused-ring (bicyclic) bond motifs is 1. The largest absolute Gasteiger partial charge is 0.382 e. The highest BCUT2D eigenvalue weighted by Crippen LogP contribution is 2.38. The third-order valence-electron chi connectivity index (χ3n) is 3.27. The van der Waals surface area contributed by atoms with Gasteiger partial charge in [-0.05, 0) is 13.8 Å². The van der Waals surface area contributed by atoms with E-state index < -0.39 is 12.1 Å². The molecule has 0 radical (unpaired) electrons. The van der Waals surface area contributed by atoms with E-state index in [4.69, 9.17) is 28.4 Å². The predicted octanol–water partition coefficient (Wildman–Crippen LogP) is 0.539. The number of hydrogen-bond donors (Lipinski definition) is 0. The first-order valence-electron chi connectivity index (χ1n) is 6.08. The molecule has 0 aromatic carbocycles. The van der Waals surface area contributed by atoms with Crippen molar-refractivity contribution in [2.75, 3.05) is 27.9 Å². The van der Waals surface area contributed by atoms with Crippen LogP contribution in [0.15, 0.2) is 0 Å². The first kappa shape index (κ1) is 14.2. The topological polar surface area (TPSA) is 55.4 Å². The lowest BCUT2D eigenvalue weighted by Gasteiger charge is -2.40. The lowest BCUT2D eigenvalue weighted by Crippen LogP contribution is -2.58. The Balaban J connectivity index is 2.18. The number of ether oxygens (including phenoxy) is 6. The Morgan fingerprint density at radius 2 is 1.67 bits per heavy atom. The molecule has 2 fully saturated rings. The van der Waals surface area contributed by atoms with Crippen LogP contribution in [0, 0.1) is 0 Å². The first-order chi connectivity index (χ1) is 8.52. The van der Waals surface area contributed by atoms with Gasteiger partial charge >= 0.3 is 0 Å². The molecule has 0 aromatic rings. The Bertz CT molecular complexity index is 282.